The van der Waals surface area contributed by atoms with E-state index in [1.165, 1.54) is 13.3 Å². The maximum Gasteiger partial charge on any atom is 0.216 e. The minimum absolute atomic E-state index is 0.0442. The molecule has 3 unspecified atom stereocenters. The zero-order valence-corrected chi connectivity index (χ0v) is 11.8. The van der Waals surface area contributed by atoms with Crippen molar-refractivity contribution < 1.29 is 13.5 Å². The summed E-state index contributed by atoms with van der Waals surface area (Å²) in [7, 11) is -3.38. The van der Waals surface area contributed by atoms with E-state index in [1.807, 2.05) is 0 Å². The Labute approximate surface area is 105 Å². The van der Waals surface area contributed by atoms with Crippen molar-refractivity contribution in [1.82, 2.24) is 4.72 Å². The quantitative estimate of drug-likeness (QED) is 0.790. The van der Waals surface area contributed by atoms with Crippen LogP contribution >= 0.6 is 0 Å². The third-order valence-corrected chi connectivity index (χ3v) is 5.62. The summed E-state index contributed by atoms with van der Waals surface area (Å²) in [6.45, 7) is 5.50. The third-order valence-electron chi connectivity index (χ3n) is 3.78. The molecule has 0 heterocycles. The van der Waals surface area contributed by atoms with Gasteiger partial charge in [0, 0.05) is 6.04 Å². The number of nitrogens with one attached hydrogen (secondary N) is 1. The first-order chi connectivity index (χ1) is 7.88. The normalized spacial score (nSPS) is 28.3. The monoisotopic (exact) mass is 263 g/mol. The summed E-state index contributed by atoms with van der Waals surface area (Å²) in [5.74, 6) is 0.914. The van der Waals surface area contributed by atoms with E-state index in [9.17, 15) is 8.42 Å². The van der Waals surface area contributed by atoms with E-state index < -0.39 is 15.3 Å². The smallest absolute Gasteiger partial charge is 0.216 e. The number of hydrogen-bond acceptors (Lipinski definition) is 3. The average Bonchev–Trinajstić information content (AvgIpc) is 2.27. The van der Waals surface area contributed by atoms with Crippen molar-refractivity contribution in [3.63, 3.8) is 0 Å². The molecule has 1 saturated carbocycles. The molecule has 1 rings (SSSR count). The van der Waals surface area contributed by atoms with Crippen LogP contribution in [0.25, 0.3) is 0 Å². The predicted octanol–water partition coefficient (Wildman–Crippen LogP) is 1.50. The molecule has 0 aromatic heterocycles. The van der Waals surface area contributed by atoms with Crippen molar-refractivity contribution >= 4 is 10.0 Å². The fourth-order valence-corrected chi connectivity index (χ4v) is 3.67. The van der Waals surface area contributed by atoms with Gasteiger partial charge in [0.2, 0.25) is 10.0 Å². The average molecular weight is 263 g/mol. The Balaban J connectivity index is 2.71. The number of aliphatic hydroxyl groups is 1. The topological polar surface area (TPSA) is 66.4 Å². The molecule has 0 spiro atoms. The van der Waals surface area contributed by atoms with Gasteiger partial charge in [0.05, 0.1) is 11.9 Å². The van der Waals surface area contributed by atoms with Gasteiger partial charge in [-0.15, -0.1) is 0 Å². The van der Waals surface area contributed by atoms with E-state index >= 15 is 0 Å². The fourth-order valence-electron chi connectivity index (χ4n) is 2.53. The molecule has 2 N–H and O–H groups in total. The molecule has 5 heteroatoms. The highest BCUT2D eigenvalue weighted by molar-refractivity contribution is 7.90. The van der Waals surface area contributed by atoms with E-state index in [0.717, 1.165) is 19.3 Å². The van der Waals surface area contributed by atoms with Gasteiger partial charge >= 0.3 is 0 Å². The first kappa shape index (κ1) is 14.9. The van der Waals surface area contributed by atoms with E-state index in [2.05, 4.69) is 18.6 Å². The summed E-state index contributed by atoms with van der Waals surface area (Å²) in [5, 5.41) is 8.23. The van der Waals surface area contributed by atoms with Gasteiger partial charge in [0.1, 0.15) is 0 Å². The van der Waals surface area contributed by atoms with E-state index in [4.69, 9.17) is 5.11 Å². The highest BCUT2D eigenvalue weighted by atomic mass is 32.2. The molecule has 4 nitrogen and oxygen atoms in total. The Morgan fingerprint density at radius 1 is 1.24 bits per heavy atom. The van der Waals surface area contributed by atoms with E-state index in [0.29, 0.717) is 11.8 Å². The Morgan fingerprint density at radius 3 is 2.35 bits per heavy atom. The summed E-state index contributed by atoms with van der Waals surface area (Å²) in [5.41, 5.74) is 0. The van der Waals surface area contributed by atoms with Crippen molar-refractivity contribution in [3.8, 4) is 0 Å². The Morgan fingerprint density at radius 2 is 1.82 bits per heavy atom. The molecule has 1 aliphatic carbocycles. The summed E-state index contributed by atoms with van der Waals surface area (Å²) >= 11 is 0. The van der Waals surface area contributed by atoms with Crippen LogP contribution in [0.2, 0.25) is 0 Å². The largest absolute Gasteiger partial charge is 0.395 e. The summed E-state index contributed by atoms with van der Waals surface area (Å²) in [6, 6.07) is 0.0442. The zero-order chi connectivity index (χ0) is 13.1. The van der Waals surface area contributed by atoms with Crippen LogP contribution in [0, 0.1) is 11.8 Å². The molecule has 0 saturated heterocycles. The lowest BCUT2D eigenvalue weighted by Crippen LogP contribution is -2.47. The SMILES string of the molecule is CC(C)C1CCCCC1NS(=O)(=O)C(C)CO. The Kier molecular flexibility index (Phi) is 5.41. The first-order valence-electron chi connectivity index (χ1n) is 6.50. The maximum atomic E-state index is 11.9. The van der Waals surface area contributed by atoms with Gasteiger partial charge < -0.3 is 5.11 Å². The number of aliphatic hydroxyl groups excluding tert-OH is 1. The summed E-state index contributed by atoms with van der Waals surface area (Å²) < 4.78 is 26.6. The number of hydrogen-bond donors (Lipinski definition) is 2. The first-order valence-corrected chi connectivity index (χ1v) is 8.05. The number of sulfonamides is 1. The van der Waals surface area contributed by atoms with Crippen molar-refractivity contribution in [2.45, 2.75) is 57.7 Å². The van der Waals surface area contributed by atoms with Gasteiger partial charge in [-0.3, -0.25) is 0 Å². The molecule has 0 aromatic carbocycles. The molecule has 102 valence electrons. The second-order valence-corrected chi connectivity index (χ2v) is 7.59. The lowest BCUT2D eigenvalue weighted by molar-refractivity contribution is 0.225. The summed E-state index contributed by atoms with van der Waals surface area (Å²) in [6.07, 6.45) is 4.29. The minimum atomic E-state index is -3.38. The Hall–Kier alpha value is -0.130. The Bertz CT molecular complexity index is 327. The van der Waals surface area contributed by atoms with Gasteiger partial charge in [-0.25, -0.2) is 13.1 Å². The molecule has 1 fully saturated rings. The third kappa shape index (κ3) is 3.93. The maximum absolute atomic E-state index is 11.9. The van der Waals surface area contributed by atoms with Crippen LogP contribution < -0.4 is 4.72 Å². The van der Waals surface area contributed by atoms with Crippen LogP contribution in [-0.4, -0.2) is 31.4 Å². The molecule has 0 radical (unpaired) electrons. The van der Waals surface area contributed by atoms with Crippen LogP contribution in [-0.2, 0) is 10.0 Å². The van der Waals surface area contributed by atoms with Gasteiger partial charge in [-0.2, -0.15) is 0 Å². The second-order valence-electron chi connectivity index (χ2n) is 5.45. The minimum Gasteiger partial charge on any atom is -0.395 e. The van der Waals surface area contributed by atoms with Gasteiger partial charge in [0.25, 0.3) is 0 Å². The van der Waals surface area contributed by atoms with Crippen molar-refractivity contribution in [3.05, 3.63) is 0 Å². The zero-order valence-electron chi connectivity index (χ0n) is 11.0. The molecule has 0 aliphatic heterocycles. The molecule has 0 aromatic rings. The van der Waals surface area contributed by atoms with Crippen LogP contribution in [0.4, 0.5) is 0 Å². The second kappa shape index (κ2) is 6.16. The van der Waals surface area contributed by atoms with Crippen molar-refractivity contribution in [2.24, 2.45) is 11.8 Å². The molecular formula is C12H25NO3S. The van der Waals surface area contributed by atoms with Crippen LogP contribution in [0.5, 0.6) is 0 Å². The molecule has 1 aliphatic rings. The molecule has 0 bridgehead atoms. The lowest BCUT2D eigenvalue weighted by Gasteiger charge is -2.35. The fraction of sp³-hybridized carbons (Fsp3) is 1.00. The lowest BCUT2D eigenvalue weighted by atomic mass is 9.78. The van der Waals surface area contributed by atoms with E-state index in [1.54, 1.807) is 0 Å². The predicted molar refractivity (Wildman–Crippen MR) is 69.2 cm³/mol. The summed E-state index contributed by atoms with van der Waals surface area (Å²) in [4.78, 5) is 0. The van der Waals surface area contributed by atoms with Crippen LogP contribution in [0.3, 0.4) is 0 Å². The van der Waals surface area contributed by atoms with Gasteiger partial charge in [-0.05, 0) is 31.6 Å². The van der Waals surface area contributed by atoms with Crippen LogP contribution in [0.15, 0.2) is 0 Å². The van der Waals surface area contributed by atoms with E-state index in [-0.39, 0.29) is 12.6 Å². The molecule has 3 atom stereocenters. The van der Waals surface area contributed by atoms with Crippen LogP contribution in [0.1, 0.15) is 46.5 Å². The highest BCUT2D eigenvalue weighted by Gasteiger charge is 2.32. The molecule has 17 heavy (non-hydrogen) atoms. The van der Waals surface area contributed by atoms with Crippen molar-refractivity contribution in [2.75, 3.05) is 6.61 Å². The number of rotatable bonds is 5. The molecule has 0 amide bonds. The van der Waals surface area contributed by atoms with Gasteiger partial charge in [-0.1, -0.05) is 26.7 Å². The van der Waals surface area contributed by atoms with Gasteiger partial charge in [0.15, 0.2) is 0 Å². The standard InChI is InChI=1S/C12H25NO3S/c1-9(2)11-6-4-5-7-12(11)13-17(15,16)10(3)8-14/h9-14H,4-8H2,1-3H3. The molecular weight excluding hydrogens is 238 g/mol. The highest BCUT2D eigenvalue weighted by Crippen LogP contribution is 2.30. The van der Waals surface area contributed by atoms with Crippen molar-refractivity contribution in [1.29, 1.82) is 0 Å².